The van der Waals surface area contributed by atoms with Crippen molar-refractivity contribution < 1.29 is 9.90 Å². The Labute approximate surface area is 153 Å². The summed E-state index contributed by atoms with van der Waals surface area (Å²) in [5.74, 6) is 0.514. The molecule has 26 heavy (non-hydrogen) atoms. The summed E-state index contributed by atoms with van der Waals surface area (Å²) in [6.07, 6.45) is 1.52. The molecule has 1 fully saturated rings. The van der Waals surface area contributed by atoms with Crippen LogP contribution in [0.5, 0.6) is 0 Å². The monoisotopic (exact) mass is 358 g/mol. The predicted octanol–water partition coefficient (Wildman–Crippen LogP) is 1.23. The maximum atomic E-state index is 12.3. The average molecular weight is 358 g/mol. The van der Waals surface area contributed by atoms with Crippen molar-refractivity contribution in [3.05, 3.63) is 35.9 Å². The van der Waals surface area contributed by atoms with Crippen molar-refractivity contribution in [3.8, 4) is 0 Å². The number of anilines is 2. The van der Waals surface area contributed by atoms with E-state index in [4.69, 9.17) is 0 Å². The van der Waals surface area contributed by atoms with Gasteiger partial charge in [0, 0.05) is 27.2 Å². The molecule has 1 aromatic carbocycles. The second-order valence-electron chi connectivity index (χ2n) is 7.13. The first-order valence-corrected chi connectivity index (χ1v) is 8.82. The molecule has 8 nitrogen and oxygen atoms in total. The summed E-state index contributed by atoms with van der Waals surface area (Å²) >= 11 is 0. The topological polar surface area (TPSA) is 97.4 Å². The zero-order chi connectivity index (χ0) is 18.6. The zero-order valence-corrected chi connectivity index (χ0v) is 15.3. The molecule has 3 N–H and O–H groups in total. The van der Waals surface area contributed by atoms with Crippen LogP contribution in [0.25, 0.3) is 0 Å². The molecule has 0 radical (unpaired) electrons. The number of carbonyl (C=O) groups is 1. The van der Waals surface area contributed by atoms with E-state index in [1.54, 1.807) is 4.90 Å². The van der Waals surface area contributed by atoms with Crippen LogP contribution in [0, 0.1) is 0 Å². The highest BCUT2D eigenvalue weighted by atomic mass is 16.3. The highest BCUT2D eigenvalue weighted by Gasteiger charge is 2.35. The number of carbonyl (C=O) groups excluding carboxylic acids is 1. The number of benzene rings is 1. The maximum absolute atomic E-state index is 12.3. The lowest BCUT2D eigenvalue weighted by molar-refractivity contribution is -0.124. The third-order valence-corrected chi connectivity index (χ3v) is 4.50. The number of β-amino-alcohol motifs (C(OH)–C–C–N with tert-alkyl or cyclic N) is 1. The Kier molecular flexibility index (Phi) is 5.53. The smallest absolute Gasteiger partial charge is 0.245 e. The van der Waals surface area contributed by atoms with Crippen LogP contribution in [0.3, 0.4) is 0 Å². The van der Waals surface area contributed by atoms with Crippen LogP contribution in [0.15, 0.2) is 30.3 Å². The number of nitrogens with one attached hydrogen (secondary N) is 2. The first-order chi connectivity index (χ1) is 12.4. The largest absolute Gasteiger partial charge is 0.388 e. The van der Waals surface area contributed by atoms with Gasteiger partial charge in [0.05, 0.1) is 12.0 Å². The zero-order valence-electron chi connectivity index (χ0n) is 15.3. The van der Waals surface area contributed by atoms with Gasteiger partial charge in [-0.1, -0.05) is 30.3 Å². The fraction of sp³-hybridized carbons (Fsp3) is 0.500. The van der Waals surface area contributed by atoms with Crippen molar-refractivity contribution in [1.29, 1.82) is 0 Å². The lowest BCUT2D eigenvalue weighted by atomic mass is 9.89. The second kappa shape index (κ2) is 7.84. The minimum atomic E-state index is -1.03. The molecular formula is C18H26N6O2. The van der Waals surface area contributed by atoms with Gasteiger partial charge < -0.3 is 10.0 Å². The standard InChI is InChI=1S/C18H26N6O2/c1-23(2)17-20-16(21-22-17)19-15(25)11-18(26)9-6-10-24(13-18)12-14-7-4-3-5-8-14/h3-5,7-8,26H,6,9-13H2,1-2H3,(H2,19,20,21,22,25). The number of rotatable bonds is 6. The fourth-order valence-corrected chi connectivity index (χ4v) is 3.31. The van der Waals surface area contributed by atoms with Gasteiger partial charge in [-0.15, -0.1) is 5.10 Å². The molecule has 140 valence electrons. The van der Waals surface area contributed by atoms with Gasteiger partial charge in [-0.25, -0.2) is 5.10 Å². The van der Waals surface area contributed by atoms with Crippen LogP contribution in [-0.4, -0.2) is 63.9 Å². The summed E-state index contributed by atoms with van der Waals surface area (Å²) in [6.45, 7) is 2.18. The van der Waals surface area contributed by atoms with Crippen LogP contribution in [-0.2, 0) is 11.3 Å². The molecule has 0 spiro atoms. The third kappa shape index (κ3) is 4.80. The molecule has 8 heteroatoms. The van der Waals surface area contributed by atoms with Crippen molar-refractivity contribution in [2.24, 2.45) is 0 Å². The molecule has 1 saturated heterocycles. The highest BCUT2D eigenvalue weighted by Crippen LogP contribution is 2.26. The van der Waals surface area contributed by atoms with Crippen molar-refractivity contribution in [3.63, 3.8) is 0 Å². The molecule has 0 bridgehead atoms. The van der Waals surface area contributed by atoms with Crippen LogP contribution < -0.4 is 10.2 Å². The minimum Gasteiger partial charge on any atom is -0.388 e. The number of nitrogens with zero attached hydrogens (tertiary/aromatic N) is 4. The quantitative estimate of drug-likeness (QED) is 0.718. The van der Waals surface area contributed by atoms with Crippen LogP contribution in [0.1, 0.15) is 24.8 Å². The van der Waals surface area contributed by atoms with Gasteiger partial charge in [0.1, 0.15) is 0 Å². The van der Waals surface area contributed by atoms with Crippen LogP contribution in [0.4, 0.5) is 11.9 Å². The molecule has 2 aromatic rings. The SMILES string of the molecule is CN(C)c1n[nH]c(NC(=O)CC2(O)CCCN(Cc3ccccc3)C2)n1. The first kappa shape index (κ1) is 18.3. The molecule has 1 atom stereocenters. The van der Waals surface area contributed by atoms with E-state index in [1.165, 1.54) is 5.56 Å². The molecule has 1 aromatic heterocycles. The summed E-state index contributed by atoms with van der Waals surface area (Å²) in [4.78, 5) is 20.4. The summed E-state index contributed by atoms with van der Waals surface area (Å²) in [5, 5.41) is 20.3. The van der Waals surface area contributed by atoms with Gasteiger partial charge in [0.15, 0.2) is 0 Å². The fourth-order valence-electron chi connectivity index (χ4n) is 3.31. The number of hydrogen-bond acceptors (Lipinski definition) is 6. The first-order valence-electron chi connectivity index (χ1n) is 8.82. The Morgan fingerprint density at radius 3 is 2.85 bits per heavy atom. The number of piperidine rings is 1. The highest BCUT2D eigenvalue weighted by molar-refractivity contribution is 5.89. The number of H-pyrrole nitrogens is 1. The van der Waals surface area contributed by atoms with Crippen molar-refractivity contribution in [2.75, 3.05) is 37.4 Å². The number of aliphatic hydroxyl groups is 1. The molecule has 1 amide bonds. The summed E-state index contributed by atoms with van der Waals surface area (Å²) in [7, 11) is 3.64. The Morgan fingerprint density at radius 1 is 1.38 bits per heavy atom. The van der Waals surface area contributed by atoms with Crippen molar-refractivity contribution in [1.82, 2.24) is 20.1 Å². The average Bonchev–Trinajstić information content (AvgIpc) is 3.04. The lowest BCUT2D eigenvalue weighted by Gasteiger charge is -2.38. The van der Waals surface area contributed by atoms with Gasteiger partial charge in [-0.2, -0.15) is 4.98 Å². The summed E-state index contributed by atoms with van der Waals surface area (Å²) in [6, 6.07) is 10.2. The summed E-state index contributed by atoms with van der Waals surface area (Å²) in [5.41, 5.74) is 0.181. The molecule has 1 unspecified atom stereocenters. The van der Waals surface area contributed by atoms with Crippen LogP contribution >= 0.6 is 0 Å². The van der Waals surface area contributed by atoms with E-state index in [1.807, 2.05) is 32.3 Å². The summed E-state index contributed by atoms with van der Waals surface area (Å²) < 4.78 is 0. The molecule has 0 aliphatic carbocycles. The Morgan fingerprint density at radius 2 is 2.15 bits per heavy atom. The molecular weight excluding hydrogens is 332 g/mol. The molecule has 0 saturated carbocycles. The molecule has 3 rings (SSSR count). The molecule has 1 aliphatic rings. The molecule has 1 aliphatic heterocycles. The molecule has 2 heterocycles. The van der Waals surface area contributed by atoms with E-state index in [0.717, 1.165) is 19.5 Å². The Hall–Kier alpha value is -2.45. The normalized spacial score (nSPS) is 20.7. The number of aromatic amines is 1. The van der Waals surface area contributed by atoms with Gasteiger partial charge >= 0.3 is 0 Å². The van der Waals surface area contributed by atoms with Crippen molar-refractivity contribution in [2.45, 2.75) is 31.4 Å². The van der Waals surface area contributed by atoms with Gasteiger partial charge in [-0.05, 0) is 24.9 Å². The van der Waals surface area contributed by atoms with Gasteiger partial charge in [0.25, 0.3) is 0 Å². The van der Waals surface area contributed by atoms with E-state index in [2.05, 4.69) is 37.5 Å². The van der Waals surface area contributed by atoms with E-state index < -0.39 is 5.60 Å². The minimum absolute atomic E-state index is 0.0380. The third-order valence-electron chi connectivity index (χ3n) is 4.50. The lowest BCUT2D eigenvalue weighted by Crippen LogP contribution is -2.49. The van der Waals surface area contributed by atoms with E-state index in [-0.39, 0.29) is 12.3 Å². The van der Waals surface area contributed by atoms with Crippen molar-refractivity contribution >= 4 is 17.8 Å². The van der Waals surface area contributed by atoms with Crippen LogP contribution in [0.2, 0.25) is 0 Å². The van der Waals surface area contributed by atoms with Gasteiger partial charge in [0.2, 0.25) is 17.8 Å². The Balaban J connectivity index is 1.55. The number of aromatic nitrogens is 3. The second-order valence-corrected chi connectivity index (χ2v) is 7.13. The Bertz CT molecular complexity index is 732. The number of likely N-dealkylation sites (tertiary alicyclic amines) is 1. The van der Waals surface area contributed by atoms with E-state index >= 15 is 0 Å². The number of amides is 1. The number of hydrogen-bond donors (Lipinski definition) is 3. The predicted molar refractivity (Wildman–Crippen MR) is 99.9 cm³/mol. The van der Waals surface area contributed by atoms with E-state index in [9.17, 15) is 9.90 Å². The maximum Gasteiger partial charge on any atom is 0.245 e. The van der Waals surface area contributed by atoms with E-state index in [0.29, 0.717) is 24.9 Å². The van der Waals surface area contributed by atoms with Gasteiger partial charge in [-0.3, -0.25) is 15.0 Å².